The van der Waals surface area contributed by atoms with Gasteiger partial charge in [0.25, 0.3) is 0 Å². The maximum atomic E-state index is 10.5. The zero-order valence-electron chi connectivity index (χ0n) is 19.9. The summed E-state index contributed by atoms with van der Waals surface area (Å²) in [6.07, 6.45) is 6.49. The summed E-state index contributed by atoms with van der Waals surface area (Å²) in [5.41, 5.74) is 6.74. The zero-order chi connectivity index (χ0) is 24.2. The topological polar surface area (TPSA) is 84.2 Å². The van der Waals surface area contributed by atoms with Crippen LogP contribution in [0.3, 0.4) is 0 Å². The van der Waals surface area contributed by atoms with Crippen LogP contribution in [0.5, 0.6) is 5.88 Å². The van der Waals surface area contributed by atoms with Gasteiger partial charge in [0, 0.05) is 12.6 Å². The Hall–Kier alpha value is -3.85. The molecule has 2 rings (SSSR count). The van der Waals surface area contributed by atoms with Gasteiger partial charge in [-0.3, -0.25) is 4.79 Å². The standard InChI is InChI=1S/C27H31N3O3/c1-6-19(2)23(13-21-7-9-22(10-8-21)17-29-18-31)11-12-26(32-4)20(3)24-14-25(16-28)30-27(15-24)33-5/h7-12,14-15,18H,6,13,17H2,1-5H3,(H,29,31)/b12-11-,23-19-,26-20-. The molecular formula is C27H31N3O3. The fourth-order valence-electron chi connectivity index (χ4n) is 3.28. The van der Waals surface area contributed by atoms with Gasteiger partial charge in [-0.1, -0.05) is 42.8 Å². The number of ether oxygens (including phenoxy) is 2. The molecule has 0 aliphatic carbocycles. The number of carbonyl (C=O) groups excluding carboxylic acids is 1. The van der Waals surface area contributed by atoms with E-state index in [0.717, 1.165) is 29.5 Å². The third kappa shape index (κ3) is 7.36. The number of hydrogen-bond acceptors (Lipinski definition) is 5. The molecule has 1 aromatic heterocycles. The fourth-order valence-corrected chi connectivity index (χ4v) is 3.28. The molecule has 0 saturated heterocycles. The molecule has 0 saturated carbocycles. The summed E-state index contributed by atoms with van der Waals surface area (Å²) >= 11 is 0. The molecule has 0 aliphatic rings. The van der Waals surface area contributed by atoms with Gasteiger partial charge in [-0.2, -0.15) is 5.26 Å². The maximum Gasteiger partial charge on any atom is 0.214 e. The van der Waals surface area contributed by atoms with Crippen LogP contribution in [0.25, 0.3) is 5.57 Å². The SMILES string of the molecule is CC/C(C)=C(/C=C\C(OC)=C(/C)c1cc(C#N)nc(OC)c1)Cc1ccc(CNC=O)cc1. The molecule has 1 heterocycles. The van der Waals surface area contributed by atoms with E-state index in [9.17, 15) is 10.1 Å². The van der Waals surface area contributed by atoms with Crippen molar-refractivity contribution in [3.63, 3.8) is 0 Å². The molecule has 1 N–H and O–H groups in total. The number of amides is 1. The lowest BCUT2D eigenvalue weighted by atomic mass is 9.97. The number of nitriles is 1. The summed E-state index contributed by atoms with van der Waals surface area (Å²) in [7, 11) is 3.16. The van der Waals surface area contributed by atoms with Crippen LogP contribution in [0.15, 0.2) is 65.5 Å². The lowest BCUT2D eigenvalue weighted by molar-refractivity contribution is -0.109. The molecule has 6 heteroatoms. The van der Waals surface area contributed by atoms with Gasteiger partial charge in [0.2, 0.25) is 12.3 Å². The van der Waals surface area contributed by atoms with Crippen molar-refractivity contribution in [1.29, 1.82) is 5.26 Å². The normalized spacial score (nSPS) is 12.5. The van der Waals surface area contributed by atoms with E-state index in [1.54, 1.807) is 19.2 Å². The monoisotopic (exact) mass is 445 g/mol. The molecule has 0 spiro atoms. The molecule has 0 fully saturated rings. The number of methoxy groups -OCH3 is 2. The van der Waals surface area contributed by atoms with Gasteiger partial charge in [-0.15, -0.1) is 0 Å². The molecule has 1 amide bonds. The summed E-state index contributed by atoms with van der Waals surface area (Å²) < 4.78 is 10.9. The lowest BCUT2D eigenvalue weighted by Crippen LogP contribution is -2.09. The first kappa shape index (κ1) is 25.4. The Morgan fingerprint density at radius 1 is 1.12 bits per heavy atom. The van der Waals surface area contributed by atoms with Crippen LogP contribution < -0.4 is 10.1 Å². The first-order valence-electron chi connectivity index (χ1n) is 10.8. The average molecular weight is 446 g/mol. The lowest BCUT2D eigenvalue weighted by Gasteiger charge is -2.12. The minimum absolute atomic E-state index is 0.289. The summed E-state index contributed by atoms with van der Waals surface area (Å²) in [5.74, 6) is 1.08. The number of allylic oxidation sites excluding steroid dienone is 5. The second-order valence-electron chi connectivity index (χ2n) is 7.57. The number of nitrogens with zero attached hydrogens (tertiary/aromatic N) is 2. The van der Waals surface area contributed by atoms with Crippen molar-refractivity contribution in [3.05, 3.63) is 87.8 Å². The number of pyridine rings is 1. The van der Waals surface area contributed by atoms with Gasteiger partial charge in [-0.25, -0.2) is 4.98 Å². The van der Waals surface area contributed by atoms with E-state index < -0.39 is 0 Å². The van der Waals surface area contributed by atoms with E-state index in [4.69, 9.17) is 9.47 Å². The molecule has 0 unspecified atom stereocenters. The van der Waals surface area contributed by atoms with Gasteiger partial charge in [0.05, 0.1) is 14.2 Å². The third-order valence-electron chi connectivity index (χ3n) is 5.47. The van der Waals surface area contributed by atoms with Crippen LogP contribution in [-0.4, -0.2) is 25.6 Å². The second kappa shape index (κ2) is 12.9. The van der Waals surface area contributed by atoms with Crippen molar-refractivity contribution in [2.45, 2.75) is 40.2 Å². The Morgan fingerprint density at radius 2 is 1.82 bits per heavy atom. The first-order valence-corrected chi connectivity index (χ1v) is 10.8. The van der Waals surface area contributed by atoms with Gasteiger partial charge < -0.3 is 14.8 Å². The molecule has 0 radical (unpaired) electrons. The van der Waals surface area contributed by atoms with Gasteiger partial charge in [0.15, 0.2) is 0 Å². The Morgan fingerprint density at radius 3 is 2.39 bits per heavy atom. The highest BCUT2D eigenvalue weighted by Gasteiger charge is 2.09. The van der Waals surface area contributed by atoms with E-state index in [1.807, 2.05) is 25.1 Å². The second-order valence-corrected chi connectivity index (χ2v) is 7.57. The molecule has 6 nitrogen and oxygen atoms in total. The molecule has 0 aliphatic heterocycles. The third-order valence-corrected chi connectivity index (χ3v) is 5.47. The maximum absolute atomic E-state index is 10.5. The van der Waals surface area contributed by atoms with E-state index >= 15 is 0 Å². The zero-order valence-corrected chi connectivity index (χ0v) is 19.9. The minimum Gasteiger partial charge on any atom is -0.496 e. The Bertz CT molecular complexity index is 1090. The smallest absolute Gasteiger partial charge is 0.214 e. The van der Waals surface area contributed by atoms with Crippen LogP contribution in [-0.2, 0) is 22.5 Å². The van der Waals surface area contributed by atoms with E-state index in [1.165, 1.54) is 23.8 Å². The molecule has 0 bridgehead atoms. The predicted molar refractivity (Wildman–Crippen MR) is 130 cm³/mol. The van der Waals surface area contributed by atoms with Crippen LogP contribution >= 0.6 is 0 Å². The van der Waals surface area contributed by atoms with Crippen LogP contribution in [0.4, 0.5) is 0 Å². The van der Waals surface area contributed by atoms with Crippen LogP contribution in [0.2, 0.25) is 0 Å². The molecule has 33 heavy (non-hydrogen) atoms. The van der Waals surface area contributed by atoms with Crippen LogP contribution in [0.1, 0.15) is 49.6 Å². The number of aromatic nitrogens is 1. The highest BCUT2D eigenvalue weighted by atomic mass is 16.5. The largest absolute Gasteiger partial charge is 0.496 e. The highest BCUT2D eigenvalue weighted by Crippen LogP contribution is 2.25. The summed E-state index contributed by atoms with van der Waals surface area (Å²) in [6, 6.07) is 13.8. The number of hydrogen-bond donors (Lipinski definition) is 1. The van der Waals surface area contributed by atoms with Crippen molar-refractivity contribution in [2.24, 2.45) is 0 Å². The number of nitrogens with one attached hydrogen (secondary N) is 1. The molecule has 2 aromatic rings. The molecule has 1 aromatic carbocycles. The number of rotatable bonds is 11. The summed E-state index contributed by atoms with van der Waals surface area (Å²) in [5, 5.41) is 11.9. The van der Waals surface area contributed by atoms with Crippen molar-refractivity contribution < 1.29 is 14.3 Å². The summed E-state index contributed by atoms with van der Waals surface area (Å²) in [4.78, 5) is 14.6. The fraction of sp³-hybridized carbons (Fsp3) is 0.296. The quantitative estimate of drug-likeness (QED) is 0.295. The average Bonchev–Trinajstić information content (AvgIpc) is 2.86. The number of carbonyl (C=O) groups is 1. The Kier molecular flexibility index (Phi) is 9.91. The highest BCUT2D eigenvalue weighted by molar-refractivity contribution is 5.69. The van der Waals surface area contributed by atoms with Crippen molar-refractivity contribution in [3.8, 4) is 11.9 Å². The Labute approximate surface area is 196 Å². The van der Waals surface area contributed by atoms with Gasteiger partial charge in [0.1, 0.15) is 17.5 Å². The van der Waals surface area contributed by atoms with Crippen molar-refractivity contribution >= 4 is 12.0 Å². The van der Waals surface area contributed by atoms with Crippen molar-refractivity contribution in [1.82, 2.24) is 10.3 Å². The Balaban J connectivity index is 2.34. The number of benzene rings is 1. The van der Waals surface area contributed by atoms with Crippen molar-refractivity contribution in [2.75, 3.05) is 14.2 Å². The molecular weight excluding hydrogens is 414 g/mol. The first-order chi connectivity index (χ1) is 15.9. The minimum atomic E-state index is 0.289. The molecule has 172 valence electrons. The summed E-state index contributed by atoms with van der Waals surface area (Å²) in [6.45, 7) is 6.75. The van der Waals surface area contributed by atoms with E-state index in [2.05, 4.69) is 48.4 Å². The molecule has 0 atom stereocenters. The van der Waals surface area contributed by atoms with Gasteiger partial charge >= 0.3 is 0 Å². The van der Waals surface area contributed by atoms with Crippen LogP contribution in [0, 0.1) is 11.3 Å². The predicted octanol–water partition coefficient (Wildman–Crippen LogP) is 5.11. The van der Waals surface area contributed by atoms with E-state index in [0.29, 0.717) is 24.6 Å². The van der Waals surface area contributed by atoms with E-state index in [-0.39, 0.29) is 5.69 Å². The van der Waals surface area contributed by atoms with Gasteiger partial charge in [-0.05, 0) is 66.7 Å².